The summed E-state index contributed by atoms with van der Waals surface area (Å²) in [4.78, 5) is 0. The summed E-state index contributed by atoms with van der Waals surface area (Å²) >= 11 is 0. The topological polar surface area (TPSA) is 75.4 Å². The Kier molecular flexibility index (Phi) is 5.42. The Bertz CT molecular complexity index is 532. The van der Waals surface area contributed by atoms with Crippen LogP contribution >= 0.6 is 0 Å². The molecule has 0 spiro atoms. The van der Waals surface area contributed by atoms with Crippen LogP contribution in [0.25, 0.3) is 0 Å². The molecule has 0 aromatic heterocycles. The molecule has 0 fully saturated rings. The molecule has 0 unspecified atom stereocenters. The van der Waals surface area contributed by atoms with Gasteiger partial charge in [-0.15, -0.1) is 0 Å². The minimum Gasteiger partial charge on any atom is -0.326 e. The summed E-state index contributed by atoms with van der Waals surface area (Å²) in [5.74, 6) is -0.460. The van der Waals surface area contributed by atoms with E-state index in [0.29, 0.717) is 5.56 Å². The van der Waals surface area contributed by atoms with E-state index in [-0.39, 0.29) is 24.7 Å². The minimum absolute atomic E-state index is 0.0872. The zero-order valence-electron chi connectivity index (χ0n) is 11.4. The summed E-state index contributed by atoms with van der Waals surface area (Å²) < 4.78 is 40.9. The van der Waals surface area contributed by atoms with Gasteiger partial charge in [0.2, 0.25) is 0 Å². The monoisotopic (exact) mass is 289 g/mol. The first kappa shape index (κ1) is 16.0. The molecule has 19 heavy (non-hydrogen) atoms. The molecule has 0 bridgehead atoms. The van der Waals surface area contributed by atoms with Gasteiger partial charge in [-0.3, -0.25) is 0 Å². The minimum atomic E-state index is -3.60. The number of nitrogens with two attached hydrogens (primary N) is 1. The van der Waals surface area contributed by atoms with Gasteiger partial charge in [-0.2, -0.15) is 17.4 Å². The predicted molar refractivity (Wildman–Crippen MR) is 72.9 cm³/mol. The van der Waals surface area contributed by atoms with Crippen molar-refractivity contribution in [3.63, 3.8) is 0 Å². The molecule has 7 heteroatoms. The maximum atomic E-state index is 13.7. The lowest BCUT2D eigenvalue weighted by Crippen LogP contribution is -2.41. The van der Waals surface area contributed by atoms with Crippen LogP contribution in [0.4, 0.5) is 4.39 Å². The second kappa shape index (κ2) is 6.42. The molecule has 3 N–H and O–H groups in total. The summed E-state index contributed by atoms with van der Waals surface area (Å²) in [6, 6.07) is 4.37. The molecule has 1 rings (SSSR count). The van der Waals surface area contributed by atoms with Gasteiger partial charge in [0.1, 0.15) is 5.82 Å². The van der Waals surface area contributed by atoms with Gasteiger partial charge in [-0.1, -0.05) is 12.1 Å². The van der Waals surface area contributed by atoms with Crippen molar-refractivity contribution in [3.8, 4) is 0 Å². The van der Waals surface area contributed by atoms with Gasteiger partial charge in [-0.25, -0.2) is 4.39 Å². The quantitative estimate of drug-likeness (QED) is 0.819. The Morgan fingerprint density at radius 2 is 2.05 bits per heavy atom. The Morgan fingerprint density at radius 1 is 1.42 bits per heavy atom. The highest BCUT2D eigenvalue weighted by Crippen LogP contribution is 2.11. The van der Waals surface area contributed by atoms with Crippen LogP contribution in [-0.4, -0.2) is 25.8 Å². The Balaban J connectivity index is 2.77. The first-order valence-electron chi connectivity index (χ1n) is 5.98. The molecule has 0 aliphatic rings. The van der Waals surface area contributed by atoms with Crippen LogP contribution in [0, 0.1) is 5.82 Å². The van der Waals surface area contributed by atoms with Gasteiger partial charge in [0, 0.05) is 31.7 Å². The number of hydrogen-bond acceptors (Lipinski definition) is 3. The van der Waals surface area contributed by atoms with Gasteiger partial charge in [0.25, 0.3) is 10.2 Å². The van der Waals surface area contributed by atoms with E-state index in [1.54, 1.807) is 19.9 Å². The molecule has 0 atom stereocenters. The van der Waals surface area contributed by atoms with Crippen molar-refractivity contribution in [2.24, 2.45) is 5.73 Å². The van der Waals surface area contributed by atoms with Gasteiger partial charge in [-0.05, 0) is 25.5 Å². The van der Waals surface area contributed by atoms with Crippen molar-refractivity contribution >= 4 is 10.2 Å². The molecule has 0 aliphatic heterocycles. The number of rotatable bonds is 6. The van der Waals surface area contributed by atoms with Crippen LogP contribution in [-0.2, 0) is 23.3 Å². The van der Waals surface area contributed by atoms with Crippen molar-refractivity contribution in [3.05, 3.63) is 35.1 Å². The third-order valence-electron chi connectivity index (χ3n) is 2.90. The molecule has 0 heterocycles. The van der Waals surface area contributed by atoms with Crippen LogP contribution in [0.1, 0.15) is 25.0 Å². The van der Waals surface area contributed by atoms with E-state index in [1.807, 2.05) is 0 Å². The van der Waals surface area contributed by atoms with Crippen LogP contribution in [0.2, 0.25) is 0 Å². The summed E-state index contributed by atoms with van der Waals surface area (Å²) in [6.45, 7) is 3.68. The van der Waals surface area contributed by atoms with Crippen molar-refractivity contribution in [1.29, 1.82) is 0 Å². The van der Waals surface area contributed by atoms with E-state index in [1.165, 1.54) is 23.5 Å². The highest BCUT2D eigenvalue weighted by Gasteiger charge is 2.20. The Labute approximate surface area is 113 Å². The van der Waals surface area contributed by atoms with E-state index in [0.717, 1.165) is 0 Å². The molecule has 1 aromatic carbocycles. The molecule has 0 saturated heterocycles. The summed E-state index contributed by atoms with van der Waals surface area (Å²) in [6.07, 6.45) is 0. The first-order chi connectivity index (χ1) is 8.77. The molecule has 5 nitrogen and oxygen atoms in total. The Hall–Kier alpha value is -1.02. The lowest BCUT2D eigenvalue weighted by Gasteiger charge is -2.21. The van der Waals surface area contributed by atoms with Crippen molar-refractivity contribution < 1.29 is 12.8 Å². The lowest BCUT2D eigenvalue weighted by atomic mass is 10.1. The van der Waals surface area contributed by atoms with Gasteiger partial charge in [0.15, 0.2) is 0 Å². The maximum Gasteiger partial charge on any atom is 0.279 e. The predicted octanol–water partition coefficient (Wildman–Crippen LogP) is 0.959. The second-order valence-corrected chi connectivity index (χ2v) is 6.38. The normalized spacial score (nSPS) is 12.4. The van der Waals surface area contributed by atoms with E-state index < -0.39 is 16.0 Å². The molecule has 1 aromatic rings. The van der Waals surface area contributed by atoms with Gasteiger partial charge in [0.05, 0.1) is 0 Å². The highest BCUT2D eigenvalue weighted by atomic mass is 32.2. The molecule has 108 valence electrons. The third-order valence-corrected chi connectivity index (χ3v) is 4.59. The van der Waals surface area contributed by atoms with E-state index in [4.69, 9.17) is 5.73 Å². The zero-order chi connectivity index (χ0) is 14.6. The fourth-order valence-electron chi connectivity index (χ4n) is 1.41. The molecule has 0 radical (unpaired) electrons. The largest absolute Gasteiger partial charge is 0.326 e. The van der Waals surface area contributed by atoms with Gasteiger partial charge >= 0.3 is 0 Å². The smallest absolute Gasteiger partial charge is 0.279 e. The number of halogens is 1. The molecule has 0 aliphatic carbocycles. The van der Waals surface area contributed by atoms with Crippen LogP contribution < -0.4 is 10.5 Å². The van der Waals surface area contributed by atoms with Crippen LogP contribution in [0.15, 0.2) is 18.2 Å². The molecule has 0 saturated carbocycles. The maximum absolute atomic E-state index is 13.7. The Morgan fingerprint density at radius 3 is 2.53 bits per heavy atom. The van der Waals surface area contributed by atoms with Gasteiger partial charge < -0.3 is 5.73 Å². The lowest BCUT2D eigenvalue weighted by molar-refractivity contribution is 0.402. The summed E-state index contributed by atoms with van der Waals surface area (Å²) in [7, 11) is -2.13. The van der Waals surface area contributed by atoms with E-state index in [2.05, 4.69) is 4.72 Å². The molecular weight excluding hydrogens is 269 g/mol. The van der Waals surface area contributed by atoms with E-state index in [9.17, 15) is 12.8 Å². The average molecular weight is 289 g/mol. The van der Waals surface area contributed by atoms with Crippen molar-refractivity contribution in [1.82, 2.24) is 9.03 Å². The molecular formula is C12H20FN3O2S. The summed E-state index contributed by atoms with van der Waals surface area (Å²) in [5.41, 5.74) is 6.36. The van der Waals surface area contributed by atoms with Crippen molar-refractivity contribution in [2.45, 2.75) is 33.0 Å². The number of benzene rings is 1. The third kappa shape index (κ3) is 4.24. The SMILES string of the molecule is CC(C)N(C)S(=O)(=O)NCc1ccc(CN)cc1F. The summed E-state index contributed by atoms with van der Waals surface area (Å²) in [5, 5.41) is 0. The standard InChI is InChI=1S/C12H20FN3O2S/c1-9(2)16(3)19(17,18)15-8-11-5-4-10(7-14)6-12(11)13/h4-6,9,15H,7-8,14H2,1-3H3. The van der Waals surface area contributed by atoms with Crippen LogP contribution in [0.5, 0.6) is 0 Å². The average Bonchev–Trinajstić information content (AvgIpc) is 2.36. The van der Waals surface area contributed by atoms with Crippen molar-refractivity contribution in [2.75, 3.05) is 7.05 Å². The molecule has 0 amide bonds. The fourth-order valence-corrected chi connectivity index (χ4v) is 2.51. The first-order valence-corrected chi connectivity index (χ1v) is 7.42. The highest BCUT2D eigenvalue weighted by molar-refractivity contribution is 7.87. The number of hydrogen-bond donors (Lipinski definition) is 2. The number of nitrogens with one attached hydrogen (secondary N) is 1. The second-order valence-electron chi connectivity index (χ2n) is 4.57. The van der Waals surface area contributed by atoms with E-state index >= 15 is 0 Å². The fraction of sp³-hybridized carbons (Fsp3) is 0.500. The van der Waals surface area contributed by atoms with Crippen LogP contribution in [0.3, 0.4) is 0 Å². The zero-order valence-corrected chi connectivity index (χ0v) is 12.2. The number of nitrogens with zero attached hydrogens (tertiary/aromatic N) is 1.